The van der Waals surface area contributed by atoms with Crippen LogP contribution >= 0.6 is 34.5 Å². The first-order valence-electron chi connectivity index (χ1n) is 6.26. The van der Waals surface area contributed by atoms with Gasteiger partial charge in [0.05, 0.1) is 11.2 Å². The van der Waals surface area contributed by atoms with E-state index in [-0.39, 0.29) is 6.04 Å². The van der Waals surface area contributed by atoms with E-state index in [0.717, 1.165) is 17.8 Å². The number of aromatic nitrogens is 1. The molecule has 0 bridgehead atoms. The van der Waals surface area contributed by atoms with Crippen LogP contribution in [0.3, 0.4) is 0 Å². The average molecular weight is 330 g/mol. The standard InChI is InChI=1S/C14H17Cl2N3S/c1-9-14(20-8-18-9)7-19(2)13(6-17)10-3-11(15)5-12(16)4-10/h3-5,8,13H,6-7,17H2,1-2H3. The van der Waals surface area contributed by atoms with E-state index in [2.05, 4.69) is 9.88 Å². The second-order valence-corrected chi connectivity index (χ2v) is 6.54. The molecule has 108 valence electrons. The smallest absolute Gasteiger partial charge is 0.0798 e. The van der Waals surface area contributed by atoms with E-state index in [0.29, 0.717) is 16.6 Å². The maximum atomic E-state index is 6.07. The summed E-state index contributed by atoms with van der Waals surface area (Å²) in [5, 5.41) is 1.27. The van der Waals surface area contributed by atoms with Crippen LogP contribution in [0.4, 0.5) is 0 Å². The van der Waals surface area contributed by atoms with E-state index >= 15 is 0 Å². The number of nitrogens with zero attached hydrogens (tertiary/aromatic N) is 2. The van der Waals surface area contributed by atoms with E-state index in [1.165, 1.54) is 4.88 Å². The van der Waals surface area contributed by atoms with Gasteiger partial charge in [-0.1, -0.05) is 23.2 Å². The van der Waals surface area contributed by atoms with Gasteiger partial charge < -0.3 is 5.73 Å². The molecule has 1 unspecified atom stereocenters. The van der Waals surface area contributed by atoms with Gasteiger partial charge in [-0.2, -0.15) is 0 Å². The predicted octanol–water partition coefficient (Wildman–Crippen LogP) is 3.89. The van der Waals surface area contributed by atoms with E-state index in [9.17, 15) is 0 Å². The van der Waals surface area contributed by atoms with Crippen LogP contribution < -0.4 is 5.73 Å². The SMILES string of the molecule is Cc1ncsc1CN(C)C(CN)c1cc(Cl)cc(Cl)c1. The van der Waals surface area contributed by atoms with Gasteiger partial charge in [0, 0.05) is 34.1 Å². The Kier molecular flexibility index (Phi) is 5.41. The third-order valence-corrected chi connectivity index (χ3v) is 4.62. The fourth-order valence-corrected chi connectivity index (χ4v) is 3.54. The van der Waals surface area contributed by atoms with Crippen molar-refractivity contribution in [3.05, 3.63) is 49.9 Å². The van der Waals surface area contributed by atoms with E-state index in [1.807, 2.05) is 31.6 Å². The topological polar surface area (TPSA) is 42.2 Å². The Morgan fingerprint density at radius 1 is 1.30 bits per heavy atom. The summed E-state index contributed by atoms with van der Waals surface area (Å²) < 4.78 is 0. The molecule has 2 aromatic rings. The van der Waals surface area contributed by atoms with Crippen LogP contribution in [-0.4, -0.2) is 23.5 Å². The molecule has 0 radical (unpaired) electrons. The van der Waals surface area contributed by atoms with Crippen molar-refractivity contribution in [3.8, 4) is 0 Å². The molecule has 0 aliphatic carbocycles. The predicted molar refractivity (Wildman–Crippen MR) is 86.6 cm³/mol. The third-order valence-electron chi connectivity index (χ3n) is 3.26. The Balaban J connectivity index is 2.20. The van der Waals surface area contributed by atoms with Gasteiger partial charge in [0.1, 0.15) is 0 Å². The third kappa shape index (κ3) is 3.71. The van der Waals surface area contributed by atoms with Crippen molar-refractivity contribution in [2.45, 2.75) is 19.5 Å². The van der Waals surface area contributed by atoms with Crippen LogP contribution in [0.25, 0.3) is 0 Å². The molecule has 6 heteroatoms. The quantitative estimate of drug-likeness (QED) is 0.904. The molecule has 0 saturated carbocycles. The van der Waals surface area contributed by atoms with E-state index in [1.54, 1.807) is 17.4 Å². The number of thiazole rings is 1. The summed E-state index contributed by atoms with van der Waals surface area (Å²) in [4.78, 5) is 7.72. The number of rotatable bonds is 5. The number of hydrogen-bond acceptors (Lipinski definition) is 4. The summed E-state index contributed by atoms with van der Waals surface area (Å²) in [5.41, 5.74) is 9.91. The second kappa shape index (κ2) is 6.87. The van der Waals surface area contributed by atoms with Crippen LogP contribution in [0.2, 0.25) is 10.0 Å². The molecule has 0 spiro atoms. The Morgan fingerprint density at radius 3 is 2.45 bits per heavy atom. The zero-order valence-electron chi connectivity index (χ0n) is 11.4. The zero-order chi connectivity index (χ0) is 14.7. The normalized spacial score (nSPS) is 12.9. The molecule has 0 amide bonds. The number of benzene rings is 1. The lowest BCUT2D eigenvalue weighted by atomic mass is 10.1. The average Bonchev–Trinajstić information content (AvgIpc) is 2.74. The fraction of sp³-hybridized carbons (Fsp3) is 0.357. The summed E-state index contributed by atoms with van der Waals surface area (Å²) in [6.45, 7) is 3.33. The van der Waals surface area contributed by atoms with Crippen LogP contribution in [0.15, 0.2) is 23.7 Å². The summed E-state index contributed by atoms with van der Waals surface area (Å²) in [7, 11) is 2.05. The lowest BCUT2D eigenvalue weighted by Gasteiger charge is -2.27. The minimum atomic E-state index is 0.0766. The first kappa shape index (κ1) is 15.7. The second-order valence-electron chi connectivity index (χ2n) is 4.73. The first-order chi connectivity index (χ1) is 9.51. The van der Waals surface area contributed by atoms with Gasteiger partial charge in [0.25, 0.3) is 0 Å². The number of likely N-dealkylation sites (N-methyl/N-ethyl adjacent to an activating group) is 1. The Labute approximate surface area is 133 Å². The van der Waals surface area contributed by atoms with Crippen molar-refractivity contribution in [2.75, 3.05) is 13.6 Å². The van der Waals surface area contributed by atoms with Crippen LogP contribution in [0.5, 0.6) is 0 Å². The summed E-state index contributed by atoms with van der Waals surface area (Å²) >= 11 is 13.8. The van der Waals surface area contributed by atoms with Gasteiger partial charge in [0.2, 0.25) is 0 Å². The minimum Gasteiger partial charge on any atom is -0.329 e. The molecule has 3 nitrogen and oxygen atoms in total. The molecule has 1 heterocycles. The summed E-state index contributed by atoms with van der Waals surface area (Å²) in [5.74, 6) is 0. The van der Waals surface area contributed by atoms with E-state index < -0.39 is 0 Å². The van der Waals surface area contributed by atoms with Crippen molar-refractivity contribution in [1.82, 2.24) is 9.88 Å². The number of hydrogen-bond donors (Lipinski definition) is 1. The van der Waals surface area contributed by atoms with Crippen LogP contribution in [0.1, 0.15) is 22.2 Å². The molecule has 0 aliphatic rings. The van der Waals surface area contributed by atoms with Gasteiger partial charge in [-0.15, -0.1) is 11.3 Å². The van der Waals surface area contributed by atoms with Crippen molar-refractivity contribution in [2.24, 2.45) is 5.73 Å². The molecular weight excluding hydrogens is 313 g/mol. The van der Waals surface area contributed by atoms with Crippen molar-refractivity contribution < 1.29 is 0 Å². The Bertz CT molecular complexity index is 565. The highest BCUT2D eigenvalue weighted by Crippen LogP contribution is 2.27. The van der Waals surface area contributed by atoms with Gasteiger partial charge in [0.15, 0.2) is 0 Å². The summed E-state index contributed by atoms with van der Waals surface area (Å²) in [6, 6.07) is 5.64. The number of halogens is 2. The van der Waals surface area contributed by atoms with Gasteiger partial charge >= 0.3 is 0 Å². The lowest BCUT2D eigenvalue weighted by Crippen LogP contribution is -2.30. The Hall–Kier alpha value is -0.650. The Morgan fingerprint density at radius 2 is 1.95 bits per heavy atom. The molecule has 1 aromatic heterocycles. The highest BCUT2D eigenvalue weighted by Gasteiger charge is 2.18. The molecular formula is C14H17Cl2N3S. The maximum absolute atomic E-state index is 6.07. The molecule has 2 rings (SSSR count). The number of nitrogens with two attached hydrogens (primary N) is 1. The molecule has 20 heavy (non-hydrogen) atoms. The zero-order valence-corrected chi connectivity index (χ0v) is 13.8. The minimum absolute atomic E-state index is 0.0766. The lowest BCUT2D eigenvalue weighted by molar-refractivity contribution is 0.243. The van der Waals surface area contributed by atoms with Crippen molar-refractivity contribution >= 4 is 34.5 Å². The number of aryl methyl sites for hydroxylation is 1. The monoisotopic (exact) mass is 329 g/mol. The fourth-order valence-electron chi connectivity index (χ4n) is 2.15. The van der Waals surface area contributed by atoms with E-state index in [4.69, 9.17) is 28.9 Å². The molecule has 0 fully saturated rings. The van der Waals surface area contributed by atoms with Gasteiger partial charge in [-0.3, -0.25) is 4.90 Å². The molecule has 2 N–H and O–H groups in total. The van der Waals surface area contributed by atoms with Gasteiger partial charge in [-0.25, -0.2) is 4.98 Å². The largest absolute Gasteiger partial charge is 0.329 e. The van der Waals surface area contributed by atoms with Crippen molar-refractivity contribution in [1.29, 1.82) is 0 Å². The van der Waals surface area contributed by atoms with Gasteiger partial charge in [-0.05, 0) is 37.7 Å². The molecule has 0 saturated heterocycles. The highest BCUT2D eigenvalue weighted by atomic mass is 35.5. The summed E-state index contributed by atoms with van der Waals surface area (Å²) in [6.07, 6.45) is 0. The first-order valence-corrected chi connectivity index (χ1v) is 7.90. The van der Waals surface area contributed by atoms with Crippen LogP contribution in [0, 0.1) is 6.92 Å². The highest BCUT2D eigenvalue weighted by molar-refractivity contribution is 7.09. The maximum Gasteiger partial charge on any atom is 0.0798 e. The molecule has 0 aliphatic heterocycles. The van der Waals surface area contributed by atoms with Crippen molar-refractivity contribution in [3.63, 3.8) is 0 Å². The van der Waals surface area contributed by atoms with Crippen LogP contribution in [-0.2, 0) is 6.54 Å². The molecule has 1 atom stereocenters. The molecule has 1 aromatic carbocycles.